The zero-order valence-electron chi connectivity index (χ0n) is 8.42. The van der Waals surface area contributed by atoms with E-state index >= 15 is 0 Å². The van der Waals surface area contributed by atoms with Crippen molar-refractivity contribution in [3.05, 3.63) is 41.7 Å². The van der Waals surface area contributed by atoms with Crippen LogP contribution in [0.2, 0.25) is 0 Å². The summed E-state index contributed by atoms with van der Waals surface area (Å²) < 4.78 is 1.69. The van der Waals surface area contributed by atoms with E-state index in [9.17, 15) is 0 Å². The van der Waals surface area contributed by atoms with Gasteiger partial charge in [-0.1, -0.05) is 22.9 Å². The largest absolute Gasteiger partial charge is 0.298 e. The van der Waals surface area contributed by atoms with Crippen LogP contribution in [0.3, 0.4) is 0 Å². The fourth-order valence-corrected chi connectivity index (χ4v) is 1.27. The van der Waals surface area contributed by atoms with Gasteiger partial charge in [-0.25, -0.2) is 10.6 Å². The molecular formula is C10H12N4O. The predicted molar refractivity (Wildman–Crippen MR) is 55.1 cm³/mol. The average Bonchev–Trinajstić information content (AvgIpc) is 2.68. The molecule has 1 aromatic carbocycles. The van der Waals surface area contributed by atoms with Crippen molar-refractivity contribution in [1.82, 2.24) is 15.0 Å². The van der Waals surface area contributed by atoms with Gasteiger partial charge in [0.2, 0.25) is 0 Å². The molecule has 78 valence electrons. The molecule has 2 aromatic rings. The lowest BCUT2D eigenvalue weighted by atomic mass is 10.2. The molecule has 0 aliphatic carbocycles. The molecule has 0 radical (unpaired) electrons. The van der Waals surface area contributed by atoms with Gasteiger partial charge < -0.3 is 0 Å². The summed E-state index contributed by atoms with van der Waals surface area (Å²) >= 11 is 0. The van der Waals surface area contributed by atoms with Crippen molar-refractivity contribution in [1.29, 1.82) is 0 Å². The molecule has 0 atom stereocenters. The van der Waals surface area contributed by atoms with Crippen LogP contribution in [0.5, 0.6) is 0 Å². The minimum atomic E-state index is 0.270. The smallest absolute Gasteiger partial charge is 0.113 e. The molecule has 1 heterocycles. The maximum absolute atomic E-state index is 4.95. The van der Waals surface area contributed by atoms with Gasteiger partial charge in [0, 0.05) is 0 Å². The quantitative estimate of drug-likeness (QED) is 0.756. The van der Waals surface area contributed by atoms with Gasteiger partial charge in [-0.05, 0) is 19.1 Å². The Kier molecular flexibility index (Phi) is 2.75. The van der Waals surface area contributed by atoms with Crippen LogP contribution < -0.4 is 5.90 Å². The van der Waals surface area contributed by atoms with Crippen LogP contribution >= 0.6 is 0 Å². The van der Waals surface area contributed by atoms with Gasteiger partial charge in [-0.15, -0.1) is 5.10 Å². The SMILES string of the molecule is Cc1ccc(-n2cc(CON)nn2)cc1. The summed E-state index contributed by atoms with van der Waals surface area (Å²) in [5, 5.41) is 7.88. The van der Waals surface area contributed by atoms with E-state index in [0.717, 1.165) is 5.69 Å². The van der Waals surface area contributed by atoms with Crippen LogP contribution in [-0.4, -0.2) is 15.0 Å². The van der Waals surface area contributed by atoms with Gasteiger partial charge in [0.25, 0.3) is 0 Å². The number of aromatic nitrogens is 3. The second-order valence-electron chi connectivity index (χ2n) is 3.30. The zero-order chi connectivity index (χ0) is 10.7. The molecule has 0 fully saturated rings. The summed E-state index contributed by atoms with van der Waals surface area (Å²) in [6.45, 7) is 2.31. The second-order valence-corrected chi connectivity index (χ2v) is 3.30. The van der Waals surface area contributed by atoms with Crippen molar-refractivity contribution >= 4 is 0 Å². The summed E-state index contributed by atoms with van der Waals surface area (Å²) in [5.74, 6) is 4.95. The first-order chi connectivity index (χ1) is 7.29. The molecular weight excluding hydrogens is 192 g/mol. The number of nitrogens with zero attached hydrogens (tertiary/aromatic N) is 3. The molecule has 0 spiro atoms. The third-order valence-corrected chi connectivity index (χ3v) is 2.07. The monoisotopic (exact) mass is 204 g/mol. The first kappa shape index (κ1) is 9.82. The highest BCUT2D eigenvalue weighted by atomic mass is 16.6. The molecule has 5 heteroatoms. The number of benzene rings is 1. The summed E-state index contributed by atoms with van der Waals surface area (Å²) in [4.78, 5) is 4.48. The van der Waals surface area contributed by atoms with E-state index in [1.54, 1.807) is 10.9 Å². The Morgan fingerprint density at radius 1 is 1.33 bits per heavy atom. The molecule has 0 saturated heterocycles. The second kappa shape index (κ2) is 4.20. The molecule has 0 bridgehead atoms. The van der Waals surface area contributed by atoms with Crippen molar-refractivity contribution in [3.8, 4) is 5.69 Å². The van der Waals surface area contributed by atoms with Gasteiger partial charge >= 0.3 is 0 Å². The number of aryl methyl sites for hydroxylation is 1. The first-order valence-corrected chi connectivity index (χ1v) is 4.59. The number of hydrogen-bond donors (Lipinski definition) is 1. The standard InChI is InChI=1S/C10H12N4O/c1-8-2-4-10(5-3-8)14-6-9(7-15-11)12-13-14/h2-6H,7,11H2,1H3. The van der Waals surface area contributed by atoms with Crippen LogP contribution in [0.1, 0.15) is 11.3 Å². The summed E-state index contributed by atoms with van der Waals surface area (Å²) in [7, 11) is 0. The fraction of sp³-hybridized carbons (Fsp3) is 0.200. The van der Waals surface area contributed by atoms with E-state index in [-0.39, 0.29) is 6.61 Å². The third kappa shape index (κ3) is 2.20. The molecule has 0 aliphatic rings. The van der Waals surface area contributed by atoms with Gasteiger partial charge in [-0.2, -0.15) is 0 Å². The molecule has 5 nitrogen and oxygen atoms in total. The maximum Gasteiger partial charge on any atom is 0.113 e. The highest BCUT2D eigenvalue weighted by molar-refractivity contribution is 5.33. The number of nitrogens with two attached hydrogens (primary N) is 1. The molecule has 2 N–H and O–H groups in total. The van der Waals surface area contributed by atoms with E-state index in [0.29, 0.717) is 5.69 Å². The Morgan fingerprint density at radius 2 is 2.07 bits per heavy atom. The number of rotatable bonds is 3. The Balaban J connectivity index is 2.25. The molecule has 0 amide bonds. The van der Waals surface area contributed by atoms with E-state index in [1.165, 1.54) is 5.56 Å². The lowest BCUT2D eigenvalue weighted by Crippen LogP contribution is -1.98. The van der Waals surface area contributed by atoms with Gasteiger partial charge in [0.1, 0.15) is 12.3 Å². The topological polar surface area (TPSA) is 66.0 Å². The molecule has 0 aliphatic heterocycles. The van der Waals surface area contributed by atoms with E-state index < -0.39 is 0 Å². The van der Waals surface area contributed by atoms with Crippen molar-refractivity contribution in [2.24, 2.45) is 5.90 Å². The van der Waals surface area contributed by atoms with Crippen molar-refractivity contribution in [2.45, 2.75) is 13.5 Å². The van der Waals surface area contributed by atoms with Crippen LogP contribution in [0.25, 0.3) is 5.69 Å². The normalized spacial score (nSPS) is 10.5. The summed E-state index contributed by atoms with van der Waals surface area (Å²) in [6, 6.07) is 8.01. The van der Waals surface area contributed by atoms with Crippen LogP contribution in [0, 0.1) is 6.92 Å². The van der Waals surface area contributed by atoms with E-state index in [2.05, 4.69) is 15.1 Å². The molecule has 15 heavy (non-hydrogen) atoms. The van der Waals surface area contributed by atoms with E-state index in [1.807, 2.05) is 31.2 Å². The Morgan fingerprint density at radius 3 is 2.73 bits per heavy atom. The lowest BCUT2D eigenvalue weighted by molar-refractivity contribution is 0.121. The summed E-state index contributed by atoms with van der Waals surface area (Å²) in [6.07, 6.45) is 1.79. The zero-order valence-corrected chi connectivity index (χ0v) is 8.42. The maximum atomic E-state index is 4.95. The van der Waals surface area contributed by atoms with Crippen molar-refractivity contribution in [3.63, 3.8) is 0 Å². The Bertz CT molecular complexity index is 435. The highest BCUT2D eigenvalue weighted by Crippen LogP contribution is 2.08. The van der Waals surface area contributed by atoms with Crippen molar-refractivity contribution in [2.75, 3.05) is 0 Å². The van der Waals surface area contributed by atoms with Crippen LogP contribution in [-0.2, 0) is 11.4 Å². The summed E-state index contributed by atoms with van der Waals surface area (Å²) in [5.41, 5.74) is 2.89. The van der Waals surface area contributed by atoms with Gasteiger partial charge in [0.05, 0.1) is 11.9 Å². The van der Waals surface area contributed by atoms with Crippen LogP contribution in [0.4, 0.5) is 0 Å². The Labute approximate surface area is 87.4 Å². The lowest BCUT2D eigenvalue weighted by Gasteiger charge is -1.99. The molecule has 2 rings (SSSR count). The number of hydrogen-bond acceptors (Lipinski definition) is 4. The van der Waals surface area contributed by atoms with Crippen molar-refractivity contribution < 1.29 is 4.84 Å². The minimum Gasteiger partial charge on any atom is -0.298 e. The third-order valence-electron chi connectivity index (χ3n) is 2.07. The highest BCUT2D eigenvalue weighted by Gasteiger charge is 2.01. The fourth-order valence-electron chi connectivity index (χ4n) is 1.27. The van der Waals surface area contributed by atoms with Gasteiger partial charge in [0.15, 0.2) is 0 Å². The predicted octanol–water partition coefficient (Wildman–Crippen LogP) is 0.966. The minimum absolute atomic E-state index is 0.270. The first-order valence-electron chi connectivity index (χ1n) is 4.59. The average molecular weight is 204 g/mol. The van der Waals surface area contributed by atoms with Crippen LogP contribution in [0.15, 0.2) is 30.5 Å². The van der Waals surface area contributed by atoms with E-state index in [4.69, 9.17) is 5.90 Å². The van der Waals surface area contributed by atoms with Gasteiger partial charge in [-0.3, -0.25) is 4.84 Å². The molecule has 0 unspecified atom stereocenters. The Hall–Kier alpha value is -1.72. The molecule has 1 aromatic heterocycles. The molecule has 0 saturated carbocycles.